The summed E-state index contributed by atoms with van der Waals surface area (Å²) in [5, 5.41) is 32.6. The van der Waals surface area contributed by atoms with Crippen molar-refractivity contribution in [2.45, 2.75) is 39.3 Å². The van der Waals surface area contributed by atoms with Crippen LogP contribution in [0.15, 0.2) is 36.6 Å². The van der Waals surface area contributed by atoms with E-state index < -0.39 is 29.4 Å². The normalized spacial score (nSPS) is 14.1. The summed E-state index contributed by atoms with van der Waals surface area (Å²) in [6, 6.07) is 4.70. The van der Waals surface area contributed by atoms with Gasteiger partial charge in [-0.15, -0.1) is 0 Å². The first kappa shape index (κ1) is 23.7. The number of esters is 1. The number of carbonyl (C=O) groups is 2. The number of allylic oxidation sites excluding steroid dienone is 3. The molecule has 0 aliphatic heterocycles. The molecule has 8 heteroatoms. The minimum absolute atomic E-state index is 0.0608. The van der Waals surface area contributed by atoms with E-state index in [4.69, 9.17) is 10.5 Å². The van der Waals surface area contributed by atoms with E-state index in [1.807, 2.05) is 6.07 Å². The van der Waals surface area contributed by atoms with Gasteiger partial charge >= 0.3 is 5.97 Å². The van der Waals surface area contributed by atoms with Gasteiger partial charge in [0.15, 0.2) is 0 Å². The molecule has 1 amide bonds. The molecule has 1 aromatic carbocycles. The van der Waals surface area contributed by atoms with Gasteiger partial charge in [0.2, 0.25) is 5.91 Å². The predicted octanol–water partition coefficient (Wildman–Crippen LogP) is 1.94. The number of hydrogen-bond acceptors (Lipinski definition) is 7. The second kappa shape index (κ2) is 9.75. The van der Waals surface area contributed by atoms with E-state index in [2.05, 4.69) is 11.9 Å². The number of nitrogens with one attached hydrogen (secondary N) is 1. The summed E-state index contributed by atoms with van der Waals surface area (Å²) < 4.78 is 4.74. The molecule has 5 N–H and O–H groups in total. The van der Waals surface area contributed by atoms with Crippen LogP contribution >= 0.6 is 0 Å². The molecule has 0 saturated heterocycles. The Morgan fingerprint density at radius 3 is 2.55 bits per heavy atom. The summed E-state index contributed by atoms with van der Waals surface area (Å²) in [7, 11) is 1.20. The van der Waals surface area contributed by atoms with Crippen LogP contribution in [-0.4, -0.2) is 41.3 Å². The van der Waals surface area contributed by atoms with Crippen LogP contribution in [0.3, 0.4) is 0 Å². The molecule has 0 radical (unpaired) electrons. The maximum atomic E-state index is 12.1. The lowest BCUT2D eigenvalue weighted by molar-refractivity contribution is -0.145. The largest absolute Gasteiger partial charge is 0.510 e. The zero-order chi connectivity index (χ0) is 22.4. The highest BCUT2D eigenvalue weighted by molar-refractivity contribution is 5.87. The van der Waals surface area contributed by atoms with Gasteiger partial charge in [-0.3, -0.25) is 4.79 Å². The van der Waals surface area contributed by atoms with Crippen molar-refractivity contribution in [3.05, 3.63) is 47.7 Å². The van der Waals surface area contributed by atoms with Crippen LogP contribution < -0.4 is 11.1 Å². The minimum atomic E-state index is -1.20. The van der Waals surface area contributed by atoms with Crippen molar-refractivity contribution in [1.29, 1.82) is 5.26 Å². The fourth-order valence-electron chi connectivity index (χ4n) is 2.52. The number of aliphatic hydroxyl groups excluding tert-OH is 1. The van der Waals surface area contributed by atoms with Crippen LogP contribution in [-0.2, 0) is 20.7 Å². The van der Waals surface area contributed by atoms with Gasteiger partial charge in [0.05, 0.1) is 19.2 Å². The monoisotopic (exact) mass is 401 g/mol. The molecule has 0 aromatic heterocycles. The number of carbonyl (C=O) groups excluding carboxylic acids is 2. The smallest absolute Gasteiger partial charge is 0.328 e. The zero-order valence-electron chi connectivity index (χ0n) is 17.0. The number of amides is 1. The van der Waals surface area contributed by atoms with Crippen molar-refractivity contribution in [2.75, 3.05) is 7.11 Å². The average molecular weight is 401 g/mol. The number of methoxy groups -OCH3 is 1. The van der Waals surface area contributed by atoms with Crippen molar-refractivity contribution in [2.24, 2.45) is 11.1 Å². The Balaban J connectivity index is 3.38. The third-order valence-electron chi connectivity index (χ3n) is 4.34. The highest BCUT2D eigenvalue weighted by atomic mass is 16.5. The maximum absolute atomic E-state index is 12.1. The number of rotatable bonds is 8. The third-order valence-corrected chi connectivity index (χ3v) is 4.34. The number of phenols is 1. The lowest BCUT2D eigenvalue weighted by atomic mass is 9.87. The molecule has 2 atom stereocenters. The van der Waals surface area contributed by atoms with Gasteiger partial charge in [-0.25, -0.2) is 4.79 Å². The van der Waals surface area contributed by atoms with E-state index in [1.165, 1.54) is 40.0 Å². The first-order valence-corrected chi connectivity index (χ1v) is 8.91. The standard InChI is InChI=1S/C21H27N3O5/c1-6-14(18(26)21(3,4)11-22)15-9-13(7-8-17(15)25)10-16(20(28)29-5)24-19(27)12(2)23/h6-9,12,16,25-26H,1,10,23H2,2-5H3,(H,24,27)/b18-14-/t12-,16-/m0/s1. The van der Waals surface area contributed by atoms with Crippen LogP contribution in [0.5, 0.6) is 5.75 Å². The number of nitrogens with two attached hydrogens (primary N) is 1. The zero-order valence-corrected chi connectivity index (χ0v) is 17.0. The quantitative estimate of drug-likeness (QED) is 0.296. The predicted molar refractivity (Wildman–Crippen MR) is 109 cm³/mol. The Morgan fingerprint density at radius 1 is 1.45 bits per heavy atom. The molecule has 0 unspecified atom stereocenters. The summed E-state index contributed by atoms with van der Waals surface area (Å²) in [6.45, 7) is 8.21. The summed E-state index contributed by atoms with van der Waals surface area (Å²) in [5.74, 6) is -1.56. The van der Waals surface area contributed by atoms with E-state index in [-0.39, 0.29) is 29.1 Å². The van der Waals surface area contributed by atoms with Crippen molar-refractivity contribution in [1.82, 2.24) is 5.32 Å². The van der Waals surface area contributed by atoms with Crippen LogP contribution in [0.25, 0.3) is 5.57 Å². The van der Waals surface area contributed by atoms with Gasteiger partial charge in [0.1, 0.15) is 23.0 Å². The van der Waals surface area contributed by atoms with Crippen LogP contribution in [0.2, 0.25) is 0 Å². The van der Waals surface area contributed by atoms with Crippen molar-refractivity contribution < 1.29 is 24.5 Å². The lowest BCUT2D eigenvalue weighted by Crippen LogP contribution is -2.48. The molecule has 0 aliphatic carbocycles. The molecular weight excluding hydrogens is 374 g/mol. The maximum Gasteiger partial charge on any atom is 0.328 e. The SMILES string of the molecule is C=C/C(=C(/O)C(C)(C)C#N)c1cc(C[C@H](NC(=O)[C@H](C)N)C(=O)OC)ccc1O. The number of hydrogen-bond donors (Lipinski definition) is 4. The number of phenolic OH excluding ortho intramolecular Hbond substituents is 1. The number of nitriles is 1. The number of ether oxygens (including phenoxy) is 1. The van der Waals surface area contributed by atoms with Gasteiger partial charge in [0, 0.05) is 17.6 Å². The van der Waals surface area contributed by atoms with Crippen molar-refractivity contribution in [3.8, 4) is 11.8 Å². The number of benzene rings is 1. The van der Waals surface area contributed by atoms with E-state index in [0.29, 0.717) is 5.56 Å². The lowest BCUT2D eigenvalue weighted by Gasteiger charge is -2.20. The topological polar surface area (TPSA) is 146 Å². The number of aromatic hydroxyl groups is 1. The number of nitrogens with zero attached hydrogens (tertiary/aromatic N) is 1. The third kappa shape index (κ3) is 5.83. The average Bonchev–Trinajstić information content (AvgIpc) is 2.69. The molecule has 1 aromatic rings. The molecule has 0 spiro atoms. The van der Waals surface area contributed by atoms with Crippen molar-refractivity contribution in [3.63, 3.8) is 0 Å². The summed E-state index contributed by atoms with van der Waals surface area (Å²) in [5.41, 5.74) is 5.33. The highest BCUT2D eigenvalue weighted by Crippen LogP contribution is 2.35. The van der Waals surface area contributed by atoms with E-state index in [0.717, 1.165) is 0 Å². The van der Waals surface area contributed by atoms with Crippen LogP contribution in [0, 0.1) is 16.7 Å². The minimum Gasteiger partial charge on any atom is -0.510 e. The summed E-state index contributed by atoms with van der Waals surface area (Å²) in [4.78, 5) is 24.0. The molecule has 0 aliphatic rings. The summed E-state index contributed by atoms with van der Waals surface area (Å²) in [6.07, 6.45) is 1.40. The molecule has 1 rings (SSSR count). The first-order chi connectivity index (χ1) is 13.5. The highest BCUT2D eigenvalue weighted by Gasteiger charge is 2.27. The second-order valence-corrected chi connectivity index (χ2v) is 7.13. The number of aliphatic hydroxyl groups is 1. The van der Waals surface area contributed by atoms with Gasteiger partial charge in [-0.2, -0.15) is 5.26 Å². The second-order valence-electron chi connectivity index (χ2n) is 7.13. The summed E-state index contributed by atoms with van der Waals surface area (Å²) >= 11 is 0. The van der Waals surface area contributed by atoms with Crippen LogP contribution in [0.4, 0.5) is 0 Å². The Hall–Kier alpha value is -3.31. The van der Waals surface area contributed by atoms with Gasteiger partial charge in [-0.1, -0.05) is 18.7 Å². The Kier molecular flexibility index (Phi) is 7.98. The van der Waals surface area contributed by atoms with Crippen LogP contribution in [0.1, 0.15) is 31.9 Å². The Morgan fingerprint density at radius 2 is 2.07 bits per heavy atom. The fraction of sp³-hybridized carbons (Fsp3) is 0.381. The molecular formula is C21H27N3O5. The Labute approximate surface area is 170 Å². The first-order valence-electron chi connectivity index (χ1n) is 8.91. The molecule has 0 heterocycles. The van der Waals surface area contributed by atoms with E-state index in [9.17, 15) is 25.1 Å². The van der Waals surface area contributed by atoms with Gasteiger partial charge in [-0.05, 0) is 38.5 Å². The molecule has 0 fully saturated rings. The van der Waals surface area contributed by atoms with Crippen molar-refractivity contribution >= 4 is 17.4 Å². The fourth-order valence-corrected chi connectivity index (χ4v) is 2.52. The molecule has 0 saturated carbocycles. The Bertz CT molecular complexity index is 866. The molecule has 29 heavy (non-hydrogen) atoms. The molecule has 0 bridgehead atoms. The molecule has 8 nitrogen and oxygen atoms in total. The van der Waals surface area contributed by atoms with Gasteiger partial charge in [0.25, 0.3) is 0 Å². The van der Waals surface area contributed by atoms with E-state index >= 15 is 0 Å². The van der Waals surface area contributed by atoms with Gasteiger partial charge < -0.3 is 26.0 Å². The molecule has 156 valence electrons. The van der Waals surface area contributed by atoms with E-state index in [1.54, 1.807) is 12.1 Å².